The van der Waals surface area contributed by atoms with Crippen LogP contribution in [0.4, 0.5) is 4.39 Å². The molecule has 1 aromatic rings. The predicted octanol–water partition coefficient (Wildman–Crippen LogP) is 3.84. The summed E-state index contributed by atoms with van der Waals surface area (Å²) in [5.41, 5.74) is 2.65. The Hall–Kier alpha value is -0.930. The lowest BCUT2D eigenvalue weighted by molar-refractivity contribution is 0.402. The monoisotopic (exact) mass is 292 g/mol. The number of hydrogen-bond acceptors (Lipinski definition) is 2. The second-order valence-electron chi connectivity index (χ2n) is 6.56. The topological polar surface area (TPSA) is 24.1 Å². The molecule has 0 aliphatic carbocycles. The molecule has 2 atom stereocenters. The summed E-state index contributed by atoms with van der Waals surface area (Å²) in [6.07, 6.45) is 6.48. The lowest BCUT2D eigenvalue weighted by atomic mass is 10.0. The summed E-state index contributed by atoms with van der Waals surface area (Å²) in [5, 5.41) is 7.22. The zero-order valence-corrected chi connectivity index (χ0v) is 13.6. The molecule has 0 aromatic heterocycles. The quantitative estimate of drug-likeness (QED) is 0.861. The van der Waals surface area contributed by atoms with Crippen LogP contribution < -0.4 is 10.6 Å². The molecule has 0 saturated carbocycles. The van der Waals surface area contributed by atoms with Gasteiger partial charge < -0.3 is 10.6 Å². The van der Waals surface area contributed by atoms with Gasteiger partial charge in [0, 0.05) is 18.6 Å². The highest BCUT2D eigenvalue weighted by Gasteiger charge is 2.14. The van der Waals surface area contributed by atoms with Crippen LogP contribution in [-0.4, -0.2) is 18.6 Å². The van der Waals surface area contributed by atoms with E-state index in [4.69, 9.17) is 0 Å². The van der Waals surface area contributed by atoms with Crippen LogP contribution in [0.15, 0.2) is 12.1 Å². The molecule has 118 valence electrons. The van der Waals surface area contributed by atoms with Crippen LogP contribution >= 0.6 is 0 Å². The Kier molecular flexibility index (Phi) is 6.19. The molecule has 2 rings (SSSR count). The zero-order valence-electron chi connectivity index (χ0n) is 13.6. The van der Waals surface area contributed by atoms with Gasteiger partial charge in [0.15, 0.2) is 0 Å². The zero-order chi connectivity index (χ0) is 15.2. The van der Waals surface area contributed by atoms with Crippen LogP contribution in [0.2, 0.25) is 0 Å². The Morgan fingerprint density at radius 3 is 2.67 bits per heavy atom. The van der Waals surface area contributed by atoms with E-state index in [-0.39, 0.29) is 5.82 Å². The Morgan fingerprint density at radius 2 is 1.95 bits per heavy atom. The van der Waals surface area contributed by atoms with Crippen LogP contribution in [0.3, 0.4) is 0 Å². The average molecular weight is 292 g/mol. The van der Waals surface area contributed by atoms with Crippen molar-refractivity contribution in [3.8, 4) is 0 Å². The van der Waals surface area contributed by atoms with E-state index in [0.29, 0.717) is 12.1 Å². The molecule has 0 bridgehead atoms. The van der Waals surface area contributed by atoms with E-state index in [1.54, 1.807) is 0 Å². The van der Waals surface area contributed by atoms with Crippen molar-refractivity contribution >= 4 is 0 Å². The van der Waals surface area contributed by atoms with Gasteiger partial charge in [-0.05, 0) is 63.3 Å². The summed E-state index contributed by atoms with van der Waals surface area (Å²) >= 11 is 0. The van der Waals surface area contributed by atoms with Crippen molar-refractivity contribution < 1.29 is 4.39 Å². The fourth-order valence-corrected chi connectivity index (χ4v) is 3.24. The van der Waals surface area contributed by atoms with Gasteiger partial charge in [0.05, 0.1) is 0 Å². The van der Waals surface area contributed by atoms with E-state index in [1.165, 1.54) is 37.7 Å². The van der Waals surface area contributed by atoms with E-state index in [0.717, 1.165) is 24.2 Å². The van der Waals surface area contributed by atoms with Gasteiger partial charge in [-0.25, -0.2) is 4.39 Å². The van der Waals surface area contributed by atoms with Crippen LogP contribution in [0, 0.1) is 19.7 Å². The Bertz CT molecular complexity index is 428. The molecule has 0 spiro atoms. The minimum absolute atomic E-state index is 0.0746. The summed E-state index contributed by atoms with van der Waals surface area (Å²) in [7, 11) is 0. The molecule has 3 heteroatoms. The maximum absolute atomic E-state index is 13.6. The lowest BCUT2D eigenvalue weighted by Gasteiger charge is -2.21. The number of halogens is 1. The smallest absolute Gasteiger partial charge is 0.129 e. The van der Waals surface area contributed by atoms with Gasteiger partial charge in [-0.3, -0.25) is 0 Å². The fourth-order valence-electron chi connectivity index (χ4n) is 3.24. The second-order valence-corrected chi connectivity index (χ2v) is 6.56. The number of benzene rings is 1. The summed E-state index contributed by atoms with van der Waals surface area (Å²) in [5.74, 6) is -0.0746. The molecule has 1 aliphatic rings. The molecule has 0 radical (unpaired) electrons. The first kappa shape index (κ1) is 16.4. The van der Waals surface area contributed by atoms with E-state index in [1.807, 2.05) is 26.0 Å². The lowest BCUT2D eigenvalue weighted by Crippen LogP contribution is -2.36. The molecule has 1 heterocycles. The number of aryl methyl sites for hydroxylation is 2. The van der Waals surface area contributed by atoms with E-state index in [9.17, 15) is 4.39 Å². The number of rotatable bonds is 5. The standard InChI is InChI=1S/C18H29FN2/c1-13-9-16(10-14(2)18(13)19)12-21-15(3)11-17-7-5-4-6-8-20-17/h9-10,15,17,20-21H,4-8,11-12H2,1-3H3. The highest BCUT2D eigenvalue weighted by Crippen LogP contribution is 2.16. The molecule has 2 unspecified atom stereocenters. The first-order chi connectivity index (χ1) is 10.1. The van der Waals surface area contributed by atoms with Gasteiger partial charge in [-0.2, -0.15) is 0 Å². The van der Waals surface area contributed by atoms with Crippen molar-refractivity contribution in [2.45, 2.75) is 71.5 Å². The van der Waals surface area contributed by atoms with E-state index >= 15 is 0 Å². The van der Waals surface area contributed by atoms with Gasteiger partial charge in [0.2, 0.25) is 0 Å². The third kappa shape index (κ3) is 5.08. The fraction of sp³-hybridized carbons (Fsp3) is 0.667. The molecule has 1 saturated heterocycles. The third-order valence-electron chi connectivity index (χ3n) is 4.45. The Balaban J connectivity index is 1.81. The Labute approximate surface area is 128 Å². The van der Waals surface area contributed by atoms with E-state index < -0.39 is 0 Å². The van der Waals surface area contributed by atoms with Gasteiger partial charge >= 0.3 is 0 Å². The van der Waals surface area contributed by atoms with Crippen molar-refractivity contribution in [3.05, 3.63) is 34.6 Å². The van der Waals surface area contributed by atoms with Gasteiger partial charge in [-0.15, -0.1) is 0 Å². The van der Waals surface area contributed by atoms with Crippen molar-refractivity contribution in [1.29, 1.82) is 0 Å². The molecule has 1 aromatic carbocycles. The number of nitrogens with one attached hydrogen (secondary N) is 2. The molecule has 0 amide bonds. The second kappa shape index (κ2) is 7.90. The van der Waals surface area contributed by atoms with E-state index in [2.05, 4.69) is 17.6 Å². The van der Waals surface area contributed by atoms with Gasteiger partial charge in [0.25, 0.3) is 0 Å². The first-order valence-electron chi connectivity index (χ1n) is 8.28. The third-order valence-corrected chi connectivity index (χ3v) is 4.45. The minimum atomic E-state index is -0.0746. The average Bonchev–Trinajstić information content (AvgIpc) is 2.71. The van der Waals surface area contributed by atoms with Crippen LogP contribution in [0.5, 0.6) is 0 Å². The normalized spacial score (nSPS) is 21.0. The summed E-state index contributed by atoms with van der Waals surface area (Å²) in [6, 6.07) is 5.02. The van der Waals surface area contributed by atoms with Crippen molar-refractivity contribution in [2.75, 3.05) is 6.54 Å². The van der Waals surface area contributed by atoms with Crippen LogP contribution in [0.1, 0.15) is 55.7 Å². The highest BCUT2D eigenvalue weighted by molar-refractivity contribution is 5.30. The molecule has 2 nitrogen and oxygen atoms in total. The molecule has 1 fully saturated rings. The molecular formula is C18H29FN2. The maximum Gasteiger partial charge on any atom is 0.129 e. The van der Waals surface area contributed by atoms with Crippen LogP contribution in [0.25, 0.3) is 0 Å². The minimum Gasteiger partial charge on any atom is -0.314 e. The SMILES string of the molecule is Cc1cc(CNC(C)CC2CCCCCN2)cc(C)c1F. The van der Waals surface area contributed by atoms with Gasteiger partial charge in [-0.1, -0.05) is 25.0 Å². The molecule has 2 N–H and O–H groups in total. The maximum atomic E-state index is 13.6. The van der Waals surface area contributed by atoms with Crippen molar-refractivity contribution in [2.24, 2.45) is 0 Å². The van der Waals surface area contributed by atoms with Gasteiger partial charge in [0.1, 0.15) is 5.82 Å². The molecule has 21 heavy (non-hydrogen) atoms. The predicted molar refractivity (Wildman–Crippen MR) is 87.1 cm³/mol. The summed E-state index contributed by atoms with van der Waals surface area (Å²) in [6.45, 7) is 7.90. The highest BCUT2D eigenvalue weighted by atomic mass is 19.1. The summed E-state index contributed by atoms with van der Waals surface area (Å²) < 4.78 is 13.6. The summed E-state index contributed by atoms with van der Waals surface area (Å²) in [4.78, 5) is 0. The molecule has 1 aliphatic heterocycles. The van der Waals surface area contributed by atoms with Crippen molar-refractivity contribution in [3.63, 3.8) is 0 Å². The Morgan fingerprint density at radius 1 is 1.24 bits per heavy atom. The number of hydrogen-bond donors (Lipinski definition) is 2. The largest absolute Gasteiger partial charge is 0.314 e. The van der Waals surface area contributed by atoms with Crippen molar-refractivity contribution in [1.82, 2.24) is 10.6 Å². The van der Waals surface area contributed by atoms with Crippen LogP contribution in [-0.2, 0) is 6.54 Å². The first-order valence-corrected chi connectivity index (χ1v) is 8.28. The molecular weight excluding hydrogens is 263 g/mol.